The molecule has 1 aliphatic heterocycles. The van der Waals surface area contributed by atoms with Gasteiger partial charge in [-0.2, -0.15) is 0 Å². The maximum atomic E-state index is 11.7. The molecule has 0 saturated carbocycles. The van der Waals surface area contributed by atoms with E-state index in [9.17, 15) is 9.90 Å². The molecule has 1 aliphatic rings. The van der Waals surface area contributed by atoms with Gasteiger partial charge < -0.3 is 20.1 Å². The Balaban J connectivity index is 1.81. The van der Waals surface area contributed by atoms with Gasteiger partial charge in [0, 0.05) is 38.5 Å². The van der Waals surface area contributed by atoms with Crippen LogP contribution in [0.3, 0.4) is 0 Å². The molecule has 0 aliphatic carbocycles. The van der Waals surface area contributed by atoms with Crippen molar-refractivity contribution in [3.63, 3.8) is 0 Å². The quantitative estimate of drug-likeness (QED) is 0.694. The standard InChI is InChI=1S/C12H18N2O3/c15-7-10(9-3-5-17-8-9)6-14-12(16)11-2-1-4-13-11/h1-2,4,9-10,13,15H,3,5-8H2,(H,14,16). The van der Waals surface area contributed by atoms with Crippen LogP contribution < -0.4 is 5.32 Å². The summed E-state index contributed by atoms with van der Waals surface area (Å²) in [6, 6.07) is 3.51. The van der Waals surface area contributed by atoms with Crippen molar-refractivity contribution in [2.75, 3.05) is 26.4 Å². The molecule has 1 fully saturated rings. The van der Waals surface area contributed by atoms with Crippen molar-refractivity contribution in [2.24, 2.45) is 11.8 Å². The topological polar surface area (TPSA) is 74.3 Å². The van der Waals surface area contributed by atoms with Crippen LogP contribution in [-0.4, -0.2) is 42.4 Å². The van der Waals surface area contributed by atoms with E-state index in [4.69, 9.17) is 4.74 Å². The lowest BCUT2D eigenvalue weighted by Crippen LogP contribution is -2.35. The zero-order chi connectivity index (χ0) is 12.1. The first kappa shape index (κ1) is 12.1. The van der Waals surface area contributed by atoms with Crippen molar-refractivity contribution in [1.82, 2.24) is 10.3 Å². The van der Waals surface area contributed by atoms with E-state index in [1.807, 2.05) is 0 Å². The number of amides is 1. The number of aromatic amines is 1. The number of nitrogens with one attached hydrogen (secondary N) is 2. The Morgan fingerprint density at radius 1 is 1.71 bits per heavy atom. The Hall–Kier alpha value is -1.33. The second-order valence-corrected chi connectivity index (χ2v) is 4.36. The van der Waals surface area contributed by atoms with E-state index in [1.165, 1.54) is 0 Å². The number of H-pyrrole nitrogens is 1. The van der Waals surface area contributed by atoms with Crippen molar-refractivity contribution in [2.45, 2.75) is 6.42 Å². The lowest BCUT2D eigenvalue weighted by atomic mass is 9.92. The molecule has 5 nitrogen and oxygen atoms in total. The second-order valence-electron chi connectivity index (χ2n) is 4.36. The van der Waals surface area contributed by atoms with E-state index < -0.39 is 0 Å². The van der Waals surface area contributed by atoms with Gasteiger partial charge in [-0.3, -0.25) is 4.79 Å². The first-order chi connectivity index (χ1) is 8.31. The van der Waals surface area contributed by atoms with Gasteiger partial charge in [0.25, 0.3) is 5.91 Å². The van der Waals surface area contributed by atoms with E-state index in [0.717, 1.165) is 13.0 Å². The first-order valence-corrected chi connectivity index (χ1v) is 5.91. The number of hydrogen-bond acceptors (Lipinski definition) is 3. The molecular formula is C12H18N2O3. The Kier molecular flexibility index (Phi) is 4.17. The summed E-state index contributed by atoms with van der Waals surface area (Å²) in [6.45, 7) is 2.01. The van der Waals surface area contributed by atoms with Crippen LogP contribution >= 0.6 is 0 Å². The second kappa shape index (κ2) is 5.84. The summed E-state index contributed by atoms with van der Waals surface area (Å²) in [4.78, 5) is 14.5. The minimum absolute atomic E-state index is 0.0800. The predicted octanol–water partition coefficient (Wildman–Crippen LogP) is 0.389. The minimum atomic E-state index is -0.132. The molecule has 1 saturated heterocycles. The molecule has 5 heteroatoms. The molecular weight excluding hydrogens is 220 g/mol. The summed E-state index contributed by atoms with van der Waals surface area (Å²) >= 11 is 0. The van der Waals surface area contributed by atoms with Gasteiger partial charge in [-0.15, -0.1) is 0 Å². The van der Waals surface area contributed by atoms with Crippen molar-refractivity contribution < 1.29 is 14.6 Å². The number of aliphatic hydroxyl groups excluding tert-OH is 1. The third kappa shape index (κ3) is 3.08. The minimum Gasteiger partial charge on any atom is -0.396 e. The van der Waals surface area contributed by atoms with Gasteiger partial charge in [0.15, 0.2) is 0 Å². The largest absolute Gasteiger partial charge is 0.396 e. The molecule has 3 N–H and O–H groups in total. The normalized spacial score (nSPS) is 21.4. The fourth-order valence-electron chi connectivity index (χ4n) is 2.10. The molecule has 94 valence electrons. The Labute approximate surface area is 100 Å². The molecule has 1 aromatic rings. The summed E-state index contributed by atoms with van der Waals surface area (Å²) in [6.07, 6.45) is 2.67. The van der Waals surface area contributed by atoms with Gasteiger partial charge in [-0.05, 0) is 24.5 Å². The zero-order valence-electron chi connectivity index (χ0n) is 9.69. The molecule has 1 amide bonds. The van der Waals surface area contributed by atoms with Gasteiger partial charge >= 0.3 is 0 Å². The molecule has 0 spiro atoms. The molecule has 1 aromatic heterocycles. The zero-order valence-corrected chi connectivity index (χ0v) is 9.69. The Morgan fingerprint density at radius 2 is 2.59 bits per heavy atom. The number of carbonyl (C=O) groups is 1. The van der Waals surface area contributed by atoms with Crippen LogP contribution in [-0.2, 0) is 4.74 Å². The molecule has 0 bridgehead atoms. The van der Waals surface area contributed by atoms with Crippen LogP contribution in [0.2, 0.25) is 0 Å². The van der Waals surface area contributed by atoms with E-state index >= 15 is 0 Å². The molecule has 2 unspecified atom stereocenters. The van der Waals surface area contributed by atoms with Crippen molar-refractivity contribution >= 4 is 5.91 Å². The number of rotatable bonds is 5. The molecule has 0 aromatic carbocycles. The molecule has 2 rings (SSSR count). The number of carbonyl (C=O) groups excluding carboxylic acids is 1. The highest BCUT2D eigenvalue weighted by molar-refractivity contribution is 5.92. The van der Waals surface area contributed by atoms with Crippen LogP contribution in [0.4, 0.5) is 0 Å². The highest BCUT2D eigenvalue weighted by Crippen LogP contribution is 2.21. The van der Waals surface area contributed by atoms with Crippen LogP contribution in [0, 0.1) is 11.8 Å². The van der Waals surface area contributed by atoms with Crippen molar-refractivity contribution in [3.05, 3.63) is 24.0 Å². The molecule has 2 heterocycles. The molecule has 0 radical (unpaired) electrons. The van der Waals surface area contributed by atoms with Crippen LogP contribution in [0.25, 0.3) is 0 Å². The molecule has 17 heavy (non-hydrogen) atoms. The lowest BCUT2D eigenvalue weighted by molar-refractivity contribution is 0.0913. The third-order valence-electron chi connectivity index (χ3n) is 3.23. The highest BCUT2D eigenvalue weighted by atomic mass is 16.5. The smallest absolute Gasteiger partial charge is 0.267 e. The van der Waals surface area contributed by atoms with Crippen LogP contribution in [0.15, 0.2) is 18.3 Å². The third-order valence-corrected chi connectivity index (χ3v) is 3.23. The first-order valence-electron chi connectivity index (χ1n) is 5.91. The predicted molar refractivity (Wildman–Crippen MR) is 62.6 cm³/mol. The van der Waals surface area contributed by atoms with Crippen LogP contribution in [0.1, 0.15) is 16.9 Å². The maximum absolute atomic E-state index is 11.7. The number of ether oxygens (including phenoxy) is 1. The summed E-state index contributed by atoms with van der Waals surface area (Å²) in [5, 5.41) is 12.1. The van der Waals surface area contributed by atoms with Crippen molar-refractivity contribution in [3.8, 4) is 0 Å². The lowest BCUT2D eigenvalue weighted by Gasteiger charge is -2.20. The van der Waals surface area contributed by atoms with Crippen LogP contribution in [0.5, 0.6) is 0 Å². The number of aromatic nitrogens is 1. The Morgan fingerprint density at radius 3 is 3.18 bits per heavy atom. The monoisotopic (exact) mass is 238 g/mol. The summed E-state index contributed by atoms with van der Waals surface area (Å²) in [7, 11) is 0. The van der Waals surface area contributed by atoms with Gasteiger partial charge in [-0.1, -0.05) is 0 Å². The van der Waals surface area contributed by atoms with Gasteiger partial charge in [-0.25, -0.2) is 0 Å². The fraction of sp³-hybridized carbons (Fsp3) is 0.583. The fourth-order valence-corrected chi connectivity index (χ4v) is 2.10. The maximum Gasteiger partial charge on any atom is 0.267 e. The summed E-state index contributed by atoms with van der Waals surface area (Å²) in [5.41, 5.74) is 0.546. The van der Waals surface area contributed by atoms with E-state index in [2.05, 4.69) is 10.3 Å². The average molecular weight is 238 g/mol. The SMILES string of the molecule is O=C(NCC(CO)C1CCOC1)c1ccc[nH]1. The Bertz CT molecular complexity index is 345. The average Bonchev–Trinajstić information content (AvgIpc) is 3.02. The molecule has 2 atom stereocenters. The van der Waals surface area contributed by atoms with E-state index in [0.29, 0.717) is 24.8 Å². The van der Waals surface area contributed by atoms with Gasteiger partial charge in [0.05, 0.1) is 0 Å². The number of hydrogen-bond donors (Lipinski definition) is 3. The van der Waals surface area contributed by atoms with Gasteiger partial charge in [0.2, 0.25) is 0 Å². The number of aliphatic hydroxyl groups is 1. The van der Waals surface area contributed by atoms with E-state index in [-0.39, 0.29) is 18.4 Å². The van der Waals surface area contributed by atoms with E-state index in [1.54, 1.807) is 18.3 Å². The van der Waals surface area contributed by atoms with Crippen molar-refractivity contribution in [1.29, 1.82) is 0 Å². The van der Waals surface area contributed by atoms with Gasteiger partial charge in [0.1, 0.15) is 5.69 Å². The summed E-state index contributed by atoms with van der Waals surface area (Å²) in [5.74, 6) is 0.299. The highest BCUT2D eigenvalue weighted by Gasteiger charge is 2.25. The summed E-state index contributed by atoms with van der Waals surface area (Å²) < 4.78 is 5.29.